The number of halogens is 2. The number of anilines is 1. The zero-order valence-corrected chi connectivity index (χ0v) is 17.1. The average molecular weight is 418 g/mol. The third-order valence-electron chi connectivity index (χ3n) is 4.71. The molecular weight excluding hydrogens is 390 g/mol. The average Bonchev–Trinajstić information content (AvgIpc) is 2.77. The van der Waals surface area contributed by atoms with Gasteiger partial charge < -0.3 is 25.0 Å². The van der Waals surface area contributed by atoms with Crippen molar-refractivity contribution in [2.75, 3.05) is 37.7 Å². The molecule has 6 nitrogen and oxygen atoms in total. The summed E-state index contributed by atoms with van der Waals surface area (Å²) in [5.41, 5.74) is 2.91. The number of hydrogen-bond donors (Lipinski definition) is 2. The molecule has 0 amide bonds. The topological polar surface area (TPSA) is 58.1 Å². The first-order valence-corrected chi connectivity index (χ1v) is 10.1. The molecule has 1 fully saturated rings. The lowest BCUT2D eigenvalue weighted by Gasteiger charge is -2.28. The quantitative estimate of drug-likeness (QED) is 0.509. The lowest BCUT2D eigenvalue weighted by atomic mass is 10.2. The number of nitrogens with zero attached hydrogens (tertiary/aromatic N) is 2. The first-order valence-electron chi connectivity index (χ1n) is 10.1. The van der Waals surface area contributed by atoms with Gasteiger partial charge in [0.05, 0.1) is 19.8 Å². The van der Waals surface area contributed by atoms with Crippen LogP contribution in [-0.4, -0.2) is 45.4 Å². The Kier molecular flexibility index (Phi) is 8.26. The van der Waals surface area contributed by atoms with Gasteiger partial charge >= 0.3 is 6.61 Å². The first kappa shape index (κ1) is 21.8. The molecule has 8 heteroatoms. The van der Waals surface area contributed by atoms with Crippen molar-refractivity contribution in [1.82, 2.24) is 10.6 Å². The molecule has 1 aliphatic rings. The Balaban J connectivity index is 1.59. The monoisotopic (exact) mass is 418 g/mol. The Morgan fingerprint density at radius 3 is 2.53 bits per heavy atom. The molecule has 1 aliphatic heterocycles. The molecule has 0 unspecified atom stereocenters. The van der Waals surface area contributed by atoms with Crippen LogP contribution in [0.4, 0.5) is 14.5 Å². The zero-order valence-electron chi connectivity index (χ0n) is 17.1. The maximum Gasteiger partial charge on any atom is 0.387 e. The third-order valence-corrected chi connectivity index (χ3v) is 4.71. The molecule has 3 rings (SSSR count). The molecule has 2 N–H and O–H groups in total. The normalized spacial score (nSPS) is 14.7. The molecule has 0 aromatic heterocycles. The van der Waals surface area contributed by atoms with Gasteiger partial charge in [-0.25, -0.2) is 4.99 Å². The van der Waals surface area contributed by atoms with Crippen molar-refractivity contribution in [3.8, 4) is 5.75 Å². The van der Waals surface area contributed by atoms with Crippen molar-refractivity contribution in [3.05, 3.63) is 59.7 Å². The zero-order chi connectivity index (χ0) is 21.2. The highest BCUT2D eigenvalue weighted by atomic mass is 19.3. The number of rotatable bonds is 8. The molecule has 0 bridgehead atoms. The van der Waals surface area contributed by atoms with Crippen molar-refractivity contribution in [3.63, 3.8) is 0 Å². The van der Waals surface area contributed by atoms with Gasteiger partial charge in [-0.15, -0.1) is 0 Å². The number of benzene rings is 2. The molecule has 2 aromatic rings. The van der Waals surface area contributed by atoms with E-state index in [2.05, 4.69) is 49.5 Å². The smallest absolute Gasteiger partial charge is 0.387 e. The Labute approximate surface area is 175 Å². The van der Waals surface area contributed by atoms with E-state index in [0.29, 0.717) is 31.2 Å². The number of guanidine groups is 1. The van der Waals surface area contributed by atoms with Crippen LogP contribution in [0.25, 0.3) is 0 Å². The minimum atomic E-state index is -2.85. The van der Waals surface area contributed by atoms with Crippen LogP contribution in [-0.2, 0) is 17.8 Å². The van der Waals surface area contributed by atoms with E-state index < -0.39 is 6.61 Å². The van der Waals surface area contributed by atoms with Crippen molar-refractivity contribution in [1.29, 1.82) is 0 Å². The maximum atomic E-state index is 12.6. The van der Waals surface area contributed by atoms with Crippen molar-refractivity contribution < 1.29 is 18.3 Å². The summed E-state index contributed by atoms with van der Waals surface area (Å²) in [6.45, 7) is 3.97. The SMILES string of the molecule is CCNC(=NCc1ccc(N2CCOCC2)cc1)NCc1ccccc1OC(F)F. The largest absolute Gasteiger partial charge is 0.434 e. The predicted octanol–water partition coefficient (Wildman–Crippen LogP) is 3.38. The van der Waals surface area contributed by atoms with Crippen LogP contribution in [0.2, 0.25) is 0 Å². The molecule has 1 heterocycles. The highest BCUT2D eigenvalue weighted by Crippen LogP contribution is 2.20. The number of morpholine rings is 1. The van der Waals surface area contributed by atoms with E-state index in [0.717, 1.165) is 31.9 Å². The van der Waals surface area contributed by atoms with Gasteiger partial charge in [-0.1, -0.05) is 30.3 Å². The van der Waals surface area contributed by atoms with Crippen molar-refractivity contribution in [2.45, 2.75) is 26.6 Å². The lowest BCUT2D eigenvalue weighted by molar-refractivity contribution is -0.0504. The van der Waals surface area contributed by atoms with Crippen LogP contribution >= 0.6 is 0 Å². The summed E-state index contributed by atoms with van der Waals surface area (Å²) in [4.78, 5) is 6.91. The maximum absolute atomic E-state index is 12.6. The minimum absolute atomic E-state index is 0.162. The molecular formula is C22H28F2N4O2. The van der Waals surface area contributed by atoms with E-state index >= 15 is 0 Å². The summed E-state index contributed by atoms with van der Waals surface area (Å²) in [5, 5.41) is 6.35. The number of aliphatic imine (C=N–C) groups is 1. The van der Waals surface area contributed by atoms with Gasteiger partial charge in [0.25, 0.3) is 0 Å². The van der Waals surface area contributed by atoms with E-state index in [1.54, 1.807) is 18.2 Å². The Hall–Kier alpha value is -2.87. The second-order valence-corrected chi connectivity index (χ2v) is 6.80. The van der Waals surface area contributed by atoms with E-state index in [4.69, 9.17) is 4.74 Å². The van der Waals surface area contributed by atoms with Crippen LogP contribution < -0.4 is 20.3 Å². The van der Waals surface area contributed by atoms with E-state index in [1.165, 1.54) is 11.8 Å². The molecule has 2 aromatic carbocycles. The van der Waals surface area contributed by atoms with Crippen LogP contribution in [0.3, 0.4) is 0 Å². The Bertz CT molecular complexity index is 809. The fourth-order valence-electron chi connectivity index (χ4n) is 3.19. The van der Waals surface area contributed by atoms with Crippen LogP contribution in [0, 0.1) is 0 Å². The van der Waals surface area contributed by atoms with E-state index in [-0.39, 0.29) is 5.75 Å². The molecule has 0 saturated carbocycles. The van der Waals surface area contributed by atoms with Crippen LogP contribution in [0.1, 0.15) is 18.1 Å². The molecule has 0 aliphatic carbocycles. The highest BCUT2D eigenvalue weighted by Gasteiger charge is 2.11. The highest BCUT2D eigenvalue weighted by molar-refractivity contribution is 5.79. The Morgan fingerprint density at radius 1 is 1.10 bits per heavy atom. The summed E-state index contributed by atoms with van der Waals surface area (Å²) >= 11 is 0. The van der Waals surface area contributed by atoms with Crippen LogP contribution in [0.15, 0.2) is 53.5 Å². The van der Waals surface area contributed by atoms with Gasteiger partial charge in [-0.3, -0.25) is 0 Å². The lowest BCUT2D eigenvalue weighted by Crippen LogP contribution is -2.37. The van der Waals surface area contributed by atoms with E-state index in [9.17, 15) is 8.78 Å². The molecule has 1 saturated heterocycles. The summed E-state index contributed by atoms with van der Waals surface area (Å²) < 4.78 is 35.2. The second-order valence-electron chi connectivity index (χ2n) is 6.80. The number of para-hydroxylation sites is 1. The van der Waals surface area contributed by atoms with Gasteiger partial charge in [-0.05, 0) is 30.7 Å². The molecule has 0 atom stereocenters. The molecule has 0 radical (unpaired) electrons. The molecule has 30 heavy (non-hydrogen) atoms. The summed E-state index contributed by atoms with van der Waals surface area (Å²) in [7, 11) is 0. The van der Waals surface area contributed by atoms with Gasteiger partial charge in [0.2, 0.25) is 0 Å². The molecule has 0 spiro atoms. The summed E-state index contributed by atoms with van der Waals surface area (Å²) in [6, 6.07) is 15.1. The second kappa shape index (κ2) is 11.3. The van der Waals surface area contributed by atoms with Crippen molar-refractivity contribution >= 4 is 11.6 Å². The standard InChI is InChI=1S/C22H28F2N4O2/c1-2-25-22(27-16-18-5-3-4-6-20(18)30-21(23)24)26-15-17-7-9-19(10-8-17)28-11-13-29-14-12-28/h3-10,21H,2,11-16H2,1H3,(H2,25,26,27). The van der Waals surface area contributed by atoms with Gasteiger partial charge in [-0.2, -0.15) is 8.78 Å². The summed E-state index contributed by atoms with van der Waals surface area (Å²) in [5.74, 6) is 0.774. The number of ether oxygens (including phenoxy) is 2. The van der Waals surface area contributed by atoms with Crippen LogP contribution in [0.5, 0.6) is 5.75 Å². The first-order chi connectivity index (χ1) is 14.7. The fraction of sp³-hybridized carbons (Fsp3) is 0.409. The fourth-order valence-corrected chi connectivity index (χ4v) is 3.19. The minimum Gasteiger partial charge on any atom is -0.434 e. The third kappa shape index (κ3) is 6.59. The number of nitrogens with one attached hydrogen (secondary N) is 2. The van der Waals surface area contributed by atoms with Gasteiger partial charge in [0.1, 0.15) is 5.75 Å². The van der Waals surface area contributed by atoms with Gasteiger partial charge in [0, 0.05) is 37.4 Å². The molecule has 162 valence electrons. The number of alkyl halides is 2. The Morgan fingerprint density at radius 2 is 1.83 bits per heavy atom. The number of hydrogen-bond acceptors (Lipinski definition) is 4. The summed E-state index contributed by atoms with van der Waals surface area (Å²) in [6.07, 6.45) is 0. The van der Waals surface area contributed by atoms with Gasteiger partial charge in [0.15, 0.2) is 5.96 Å². The van der Waals surface area contributed by atoms with Crippen molar-refractivity contribution in [2.24, 2.45) is 4.99 Å². The van der Waals surface area contributed by atoms with E-state index in [1.807, 2.05) is 6.92 Å². The predicted molar refractivity (Wildman–Crippen MR) is 114 cm³/mol.